The number of carbonyl (C=O) groups is 1. The molecule has 1 amide bonds. The number of anilines is 1. The largest absolute Gasteiger partial charge is 0.489 e. The van der Waals surface area contributed by atoms with E-state index in [1.807, 2.05) is 57.2 Å². The van der Waals surface area contributed by atoms with Crippen molar-refractivity contribution in [1.29, 1.82) is 0 Å². The smallest absolute Gasteiger partial charge is 0.256 e. The van der Waals surface area contributed by atoms with Gasteiger partial charge in [-0.3, -0.25) is 9.48 Å². The van der Waals surface area contributed by atoms with E-state index in [4.69, 9.17) is 4.74 Å². The summed E-state index contributed by atoms with van der Waals surface area (Å²) in [6, 6.07) is 21.8. The molecule has 0 spiro atoms. The molecular formula is C27H26FN3O2. The Morgan fingerprint density at radius 3 is 2.64 bits per heavy atom. The summed E-state index contributed by atoms with van der Waals surface area (Å²) < 4.78 is 21.6. The fourth-order valence-electron chi connectivity index (χ4n) is 3.53. The van der Waals surface area contributed by atoms with Gasteiger partial charge in [0.25, 0.3) is 5.91 Å². The molecule has 1 N–H and O–H groups in total. The standard InChI is InChI=1S/C27H26FN3O2/c1-18-11-12-19(2)25(13-18)33-17-21-7-6-9-22(15-21)27(32)29-26-14-20(3)31(30-26)16-23-8-4-5-10-24(23)28/h4-15H,16-17H2,1-3H3,(H,29,30,32). The van der Waals surface area contributed by atoms with Crippen LogP contribution in [0.1, 0.15) is 38.3 Å². The second-order valence-corrected chi connectivity index (χ2v) is 8.13. The third-order valence-electron chi connectivity index (χ3n) is 5.43. The van der Waals surface area contributed by atoms with Crippen molar-refractivity contribution in [1.82, 2.24) is 9.78 Å². The average Bonchev–Trinajstić information content (AvgIpc) is 3.14. The van der Waals surface area contributed by atoms with Gasteiger partial charge in [-0.05, 0) is 61.7 Å². The number of nitrogens with zero attached hydrogens (tertiary/aromatic N) is 2. The maximum absolute atomic E-state index is 14.0. The van der Waals surface area contributed by atoms with Gasteiger partial charge >= 0.3 is 0 Å². The van der Waals surface area contributed by atoms with Gasteiger partial charge in [-0.15, -0.1) is 0 Å². The molecule has 0 radical (unpaired) electrons. The molecule has 4 rings (SSSR count). The van der Waals surface area contributed by atoms with Crippen LogP contribution in [0.5, 0.6) is 5.75 Å². The first kappa shape index (κ1) is 22.3. The molecule has 33 heavy (non-hydrogen) atoms. The van der Waals surface area contributed by atoms with Crippen LogP contribution in [0.4, 0.5) is 10.2 Å². The second kappa shape index (κ2) is 9.69. The monoisotopic (exact) mass is 443 g/mol. The highest BCUT2D eigenvalue weighted by Crippen LogP contribution is 2.21. The molecule has 1 aromatic heterocycles. The molecular weight excluding hydrogens is 417 g/mol. The Morgan fingerprint density at radius 1 is 1.00 bits per heavy atom. The molecule has 5 nitrogen and oxygen atoms in total. The Hall–Kier alpha value is -3.93. The van der Waals surface area contributed by atoms with Crippen molar-refractivity contribution in [2.24, 2.45) is 0 Å². The molecule has 0 atom stereocenters. The summed E-state index contributed by atoms with van der Waals surface area (Å²) in [5, 5.41) is 7.25. The first-order valence-corrected chi connectivity index (χ1v) is 10.8. The van der Waals surface area contributed by atoms with Crippen LogP contribution in [0.25, 0.3) is 0 Å². The highest BCUT2D eigenvalue weighted by molar-refractivity contribution is 6.03. The number of hydrogen-bond acceptors (Lipinski definition) is 3. The number of halogens is 1. The van der Waals surface area contributed by atoms with Crippen molar-refractivity contribution < 1.29 is 13.9 Å². The minimum atomic E-state index is -0.280. The van der Waals surface area contributed by atoms with Crippen molar-refractivity contribution in [3.05, 3.63) is 112 Å². The number of benzene rings is 3. The molecule has 0 aliphatic carbocycles. The van der Waals surface area contributed by atoms with Gasteiger partial charge in [-0.2, -0.15) is 5.10 Å². The van der Waals surface area contributed by atoms with Gasteiger partial charge in [0, 0.05) is 22.9 Å². The Labute approximate surface area is 192 Å². The second-order valence-electron chi connectivity index (χ2n) is 8.13. The molecule has 0 fully saturated rings. The zero-order valence-corrected chi connectivity index (χ0v) is 18.9. The van der Waals surface area contributed by atoms with E-state index in [0.717, 1.165) is 28.1 Å². The number of carbonyl (C=O) groups excluding carboxylic acids is 1. The van der Waals surface area contributed by atoms with Crippen LogP contribution in [0.2, 0.25) is 0 Å². The SMILES string of the molecule is Cc1ccc(C)c(OCc2cccc(C(=O)Nc3cc(C)n(Cc4ccccc4F)n3)c2)c1. The lowest BCUT2D eigenvalue weighted by molar-refractivity contribution is 0.102. The van der Waals surface area contributed by atoms with Crippen LogP contribution in [0.3, 0.4) is 0 Å². The minimum Gasteiger partial charge on any atom is -0.489 e. The van der Waals surface area contributed by atoms with Crippen LogP contribution in [0.15, 0.2) is 72.8 Å². The maximum Gasteiger partial charge on any atom is 0.256 e. The van der Waals surface area contributed by atoms with Crippen molar-refractivity contribution >= 4 is 11.7 Å². The van der Waals surface area contributed by atoms with Crippen LogP contribution >= 0.6 is 0 Å². The zero-order chi connectivity index (χ0) is 23.4. The number of ether oxygens (including phenoxy) is 1. The number of hydrogen-bond donors (Lipinski definition) is 1. The topological polar surface area (TPSA) is 56.1 Å². The van der Waals surface area contributed by atoms with Crippen molar-refractivity contribution in [2.45, 2.75) is 33.9 Å². The van der Waals surface area contributed by atoms with Crippen LogP contribution in [-0.4, -0.2) is 15.7 Å². The third kappa shape index (κ3) is 5.47. The maximum atomic E-state index is 14.0. The van der Waals surface area contributed by atoms with Gasteiger partial charge in [0.15, 0.2) is 5.82 Å². The summed E-state index contributed by atoms with van der Waals surface area (Å²) in [6.07, 6.45) is 0. The number of rotatable bonds is 7. The Bertz CT molecular complexity index is 1300. The molecule has 6 heteroatoms. The van der Waals surface area contributed by atoms with E-state index in [1.165, 1.54) is 6.07 Å². The predicted octanol–water partition coefficient (Wildman–Crippen LogP) is 5.83. The summed E-state index contributed by atoms with van der Waals surface area (Å²) in [5.74, 6) is 0.712. The Morgan fingerprint density at radius 2 is 1.82 bits per heavy atom. The normalized spacial score (nSPS) is 10.8. The van der Waals surface area contributed by atoms with E-state index in [-0.39, 0.29) is 11.7 Å². The zero-order valence-electron chi connectivity index (χ0n) is 18.9. The average molecular weight is 444 g/mol. The van der Waals surface area contributed by atoms with E-state index in [0.29, 0.717) is 30.1 Å². The molecule has 0 aliphatic heterocycles. The highest BCUT2D eigenvalue weighted by Gasteiger charge is 2.12. The number of nitrogens with one attached hydrogen (secondary N) is 1. The van der Waals surface area contributed by atoms with Crippen molar-refractivity contribution in [3.63, 3.8) is 0 Å². The van der Waals surface area contributed by atoms with E-state index < -0.39 is 0 Å². The molecule has 0 saturated heterocycles. The lowest BCUT2D eigenvalue weighted by Gasteiger charge is -2.11. The summed E-state index contributed by atoms with van der Waals surface area (Å²) in [5.41, 5.74) is 4.97. The quantitative estimate of drug-likeness (QED) is 0.391. The molecule has 168 valence electrons. The minimum absolute atomic E-state index is 0.265. The molecule has 0 aliphatic rings. The molecule has 4 aromatic rings. The highest BCUT2D eigenvalue weighted by atomic mass is 19.1. The van der Waals surface area contributed by atoms with Crippen LogP contribution in [0, 0.1) is 26.6 Å². The molecule has 0 unspecified atom stereocenters. The Kier molecular flexibility index (Phi) is 6.54. The molecule has 0 bridgehead atoms. The first-order chi connectivity index (χ1) is 15.9. The van der Waals surface area contributed by atoms with Gasteiger partial charge in [0.2, 0.25) is 0 Å². The fourth-order valence-corrected chi connectivity index (χ4v) is 3.53. The summed E-state index contributed by atoms with van der Waals surface area (Å²) >= 11 is 0. The van der Waals surface area contributed by atoms with E-state index in [9.17, 15) is 9.18 Å². The summed E-state index contributed by atoms with van der Waals surface area (Å²) in [4.78, 5) is 12.8. The van der Waals surface area contributed by atoms with E-state index >= 15 is 0 Å². The number of aryl methyl sites for hydroxylation is 3. The molecule has 3 aromatic carbocycles. The van der Waals surface area contributed by atoms with Gasteiger partial charge in [-0.25, -0.2) is 4.39 Å². The van der Waals surface area contributed by atoms with Gasteiger partial charge < -0.3 is 10.1 Å². The van der Waals surface area contributed by atoms with Crippen molar-refractivity contribution in [2.75, 3.05) is 5.32 Å². The van der Waals surface area contributed by atoms with Crippen LogP contribution in [-0.2, 0) is 13.2 Å². The van der Waals surface area contributed by atoms with Gasteiger partial charge in [0.05, 0.1) is 6.54 Å². The lowest BCUT2D eigenvalue weighted by atomic mass is 10.1. The first-order valence-electron chi connectivity index (χ1n) is 10.8. The third-order valence-corrected chi connectivity index (χ3v) is 5.43. The molecule has 0 saturated carbocycles. The van der Waals surface area contributed by atoms with Crippen LogP contribution < -0.4 is 10.1 Å². The number of aromatic nitrogens is 2. The van der Waals surface area contributed by atoms with Gasteiger partial charge in [-0.1, -0.05) is 42.5 Å². The fraction of sp³-hybridized carbons (Fsp3) is 0.185. The van der Waals surface area contributed by atoms with E-state index in [1.54, 1.807) is 35.0 Å². The molecule has 1 heterocycles. The Balaban J connectivity index is 1.43. The summed E-state index contributed by atoms with van der Waals surface area (Å²) in [6.45, 7) is 6.55. The number of amides is 1. The van der Waals surface area contributed by atoms with Gasteiger partial charge in [0.1, 0.15) is 18.2 Å². The van der Waals surface area contributed by atoms with E-state index in [2.05, 4.69) is 10.4 Å². The lowest BCUT2D eigenvalue weighted by Crippen LogP contribution is -2.13. The van der Waals surface area contributed by atoms with Crippen molar-refractivity contribution in [3.8, 4) is 5.75 Å². The summed E-state index contributed by atoms with van der Waals surface area (Å²) in [7, 11) is 0. The predicted molar refractivity (Wildman–Crippen MR) is 127 cm³/mol.